The number of hydrogen-bond donors (Lipinski definition) is 3. The van der Waals surface area contributed by atoms with Crippen molar-refractivity contribution in [1.82, 2.24) is 15.6 Å². The molecule has 7 heteroatoms. The molecule has 0 atom stereocenters. The van der Waals surface area contributed by atoms with Gasteiger partial charge in [-0.05, 0) is 43.9 Å². The molecule has 0 spiro atoms. The third-order valence-corrected chi connectivity index (χ3v) is 5.52. The third-order valence-electron chi connectivity index (χ3n) is 4.37. The van der Waals surface area contributed by atoms with E-state index in [1.807, 2.05) is 0 Å². The zero-order chi connectivity index (χ0) is 15.0. The third kappa shape index (κ3) is 3.18. The lowest BCUT2D eigenvalue weighted by atomic mass is 10.0. The van der Waals surface area contributed by atoms with Gasteiger partial charge in [-0.15, -0.1) is 11.3 Å². The SMILES string of the molecule is Cc1nc(CNC(=O)NCC2(C3CC3)CC2)sc1C(=O)O. The van der Waals surface area contributed by atoms with Crippen LogP contribution in [0.25, 0.3) is 0 Å². The molecule has 0 aromatic carbocycles. The van der Waals surface area contributed by atoms with Crippen LogP contribution in [0.3, 0.4) is 0 Å². The molecule has 0 bridgehead atoms. The lowest BCUT2D eigenvalue weighted by Gasteiger charge is -2.15. The maximum Gasteiger partial charge on any atom is 0.347 e. The number of aryl methyl sites for hydroxylation is 1. The fourth-order valence-corrected chi connectivity index (χ4v) is 3.63. The Hall–Kier alpha value is -1.63. The minimum absolute atomic E-state index is 0.202. The van der Waals surface area contributed by atoms with Gasteiger partial charge in [0.15, 0.2) is 0 Å². The van der Waals surface area contributed by atoms with E-state index in [0.29, 0.717) is 16.1 Å². The molecule has 0 radical (unpaired) electrons. The van der Waals surface area contributed by atoms with Gasteiger partial charge in [-0.25, -0.2) is 14.6 Å². The molecule has 3 N–H and O–H groups in total. The first-order chi connectivity index (χ1) is 10.00. The standard InChI is InChI=1S/C14H19N3O3S/c1-8-11(12(18)19)21-10(17-8)6-15-13(20)16-7-14(4-5-14)9-2-3-9/h9H,2-7H2,1H3,(H,18,19)(H2,15,16,20). The molecule has 2 saturated carbocycles. The van der Waals surface area contributed by atoms with E-state index in [-0.39, 0.29) is 17.5 Å². The first kappa shape index (κ1) is 14.3. The predicted octanol–water partition coefficient (Wildman–Crippen LogP) is 2.14. The number of hydrogen-bond acceptors (Lipinski definition) is 4. The number of carboxylic acids is 1. The van der Waals surface area contributed by atoms with E-state index in [1.54, 1.807) is 6.92 Å². The van der Waals surface area contributed by atoms with E-state index in [0.717, 1.165) is 23.8 Å². The van der Waals surface area contributed by atoms with E-state index in [9.17, 15) is 9.59 Å². The zero-order valence-corrected chi connectivity index (χ0v) is 12.8. The van der Waals surface area contributed by atoms with Crippen LogP contribution in [0, 0.1) is 18.3 Å². The van der Waals surface area contributed by atoms with Crippen molar-refractivity contribution in [2.24, 2.45) is 11.3 Å². The van der Waals surface area contributed by atoms with Gasteiger partial charge in [0.1, 0.15) is 9.88 Å². The van der Waals surface area contributed by atoms with Crippen molar-refractivity contribution < 1.29 is 14.7 Å². The Morgan fingerprint density at radius 2 is 2.10 bits per heavy atom. The second-order valence-electron chi connectivity index (χ2n) is 6.00. The molecular formula is C14H19N3O3S. The topological polar surface area (TPSA) is 91.3 Å². The summed E-state index contributed by atoms with van der Waals surface area (Å²) in [5.74, 6) is -0.154. The van der Waals surface area contributed by atoms with Gasteiger partial charge in [-0.3, -0.25) is 0 Å². The van der Waals surface area contributed by atoms with Gasteiger partial charge in [-0.2, -0.15) is 0 Å². The Labute approximate surface area is 127 Å². The fourth-order valence-electron chi connectivity index (χ4n) is 2.79. The van der Waals surface area contributed by atoms with E-state index in [2.05, 4.69) is 15.6 Å². The molecule has 1 aromatic heterocycles. The molecule has 1 heterocycles. The van der Waals surface area contributed by atoms with E-state index < -0.39 is 5.97 Å². The zero-order valence-electron chi connectivity index (χ0n) is 11.9. The second-order valence-corrected chi connectivity index (χ2v) is 7.08. The van der Waals surface area contributed by atoms with E-state index in [4.69, 9.17) is 5.11 Å². The van der Waals surface area contributed by atoms with Crippen molar-refractivity contribution in [3.8, 4) is 0 Å². The average molecular weight is 309 g/mol. The first-order valence-electron chi connectivity index (χ1n) is 7.21. The minimum Gasteiger partial charge on any atom is -0.477 e. The molecule has 6 nitrogen and oxygen atoms in total. The van der Waals surface area contributed by atoms with Crippen LogP contribution >= 0.6 is 11.3 Å². The Balaban J connectivity index is 1.45. The summed E-state index contributed by atoms with van der Waals surface area (Å²) in [5.41, 5.74) is 0.876. The summed E-state index contributed by atoms with van der Waals surface area (Å²) in [6, 6.07) is -0.202. The lowest BCUT2D eigenvalue weighted by molar-refractivity contribution is 0.0701. The summed E-state index contributed by atoms with van der Waals surface area (Å²) in [7, 11) is 0. The number of carbonyl (C=O) groups is 2. The number of nitrogens with zero attached hydrogens (tertiary/aromatic N) is 1. The minimum atomic E-state index is -0.971. The van der Waals surface area contributed by atoms with Crippen LogP contribution in [0.15, 0.2) is 0 Å². The van der Waals surface area contributed by atoms with Gasteiger partial charge in [-0.1, -0.05) is 0 Å². The van der Waals surface area contributed by atoms with Gasteiger partial charge in [0.2, 0.25) is 0 Å². The lowest BCUT2D eigenvalue weighted by Crippen LogP contribution is -2.38. The number of nitrogens with one attached hydrogen (secondary N) is 2. The molecule has 2 aliphatic rings. The maximum absolute atomic E-state index is 11.8. The first-order valence-corrected chi connectivity index (χ1v) is 8.03. The van der Waals surface area contributed by atoms with Crippen LogP contribution in [0.1, 0.15) is 46.1 Å². The highest BCUT2D eigenvalue weighted by Crippen LogP contribution is 2.60. The van der Waals surface area contributed by atoms with Crippen LogP contribution in [-0.2, 0) is 6.54 Å². The second kappa shape index (κ2) is 5.29. The van der Waals surface area contributed by atoms with Crippen LogP contribution in [-0.4, -0.2) is 28.6 Å². The summed E-state index contributed by atoms with van der Waals surface area (Å²) in [5, 5.41) is 15.3. The van der Waals surface area contributed by atoms with Crippen molar-refractivity contribution in [3.05, 3.63) is 15.6 Å². The fraction of sp³-hybridized carbons (Fsp3) is 0.643. The molecule has 114 valence electrons. The normalized spacial score (nSPS) is 19.1. The van der Waals surface area contributed by atoms with Gasteiger partial charge >= 0.3 is 12.0 Å². The average Bonchev–Trinajstić information content (AvgIpc) is 3.32. The summed E-state index contributed by atoms with van der Waals surface area (Å²) < 4.78 is 0. The van der Waals surface area contributed by atoms with Crippen molar-refractivity contribution in [1.29, 1.82) is 0 Å². The van der Waals surface area contributed by atoms with Crippen molar-refractivity contribution >= 4 is 23.3 Å². The Morgan fingerprint density at radius 1 is 1.38 bits per heavy atom. The molecule has 3 rings (SSSR count). The van der Waals surface area contributed by atoms with Crippen molar-refractivity contribution in [3.63, 3.8) is 0 Å². The quantitative estimate of drug-likeness (QED) is 0.751. The molecular weight excluding hydrogens is 290 g/mol. The van der Waals surface area contributed by atoms with E-state index in [1.165, 1.54) is 25.7 Å². The molecule has 0 aliphatic heterocycles. The number of carbonyl (C=O) groups excluding carboxylic acids is 1. The van der Waals surface area contributed by atoms with Gasteiger partial charge < -0.3 is 15.7 Å². The van der Waals surface area contributed by atoms with Gasteiger partial charge in [0.05, 0.1) is 12.2 Å². The monoisotopic (exact) mass is 309 g/mol. The Bertz CT molecular complexity index is 576. The number of urea groups is 1. The molecule has 2 fully saturated rings. The largest absolute Gasteiger partial charge is 0.477 e. The summed E-state index contributed by atoms with van der Waals surface area (Å²) >= 11 is 1.11. The summed E-state index contributed by atoms with van der Waals surface area (Å²) in [4.78, 5) is 27.1. The number of rotatable bonds is 6. The van der Waals surface area contributed by atoms with E-state index >= 15 is 0 Å². The molecule has 0 unspecified atom stereocenters. The highest BCUT2D eigenvalue weighted by molar-refractivity contribution is 7.13. The summed E-state index contributed by atoms with van der Waals surface area (Å²) in [6.45, 7) is 2.68. The van der Waals surface area contributed by atoms with Gasteiger partial charge in [0, 0.05) is 6.54 Å². The molecule has 2 aliphatic carbocycles. The number of amides is 2. The molecule has 1 aromatic rings. The predicted molar refractivity (Wildman–Crippen MR) is 78.4 cm³/mol. The van der Waals surface area contributed by atoms with Crippen molar-refractivity contribution in [2.45, 2.75) is 39.2 Å². The highest BCUT2D eigenvalue weighted by atomic mass is 32.1. The number of carboxylic acid groups (broad SMARTS) is 1. The van der Waals surface area contributed by atoms with Crippen LogP contribution in [0.5, 0.6) is 0 Å². The Morgan fingerprint density at radius 3 is 2.62 bits per heavy atom. The highest BCUT2D eigenvalue weighted by Gasteiger charge is 2.53. The number of aromatic carboxylic acids is 1. The molecule has 21 heavy (non-hydrogen) atoms. The molecule has 0 saturated heterocycles. The smallest absolute Gasteiger partial charge is 0.347 e. The number of aromatic nitrogens is 1. The van der Waals surface area contributed by atoms with Gasteiger partial charge in [0.25, 0.3) is 0 Å². The maximum atomic E-state index is 11.8. The molecule has 2 amide bonds. The van der Waals surface area contributed by atoms with Crippen LogP contribution < -0.4 is 10.6 Å². The van der Waals surface area contributed by atoms with Crippen molar-refractivity contribution in [2.75, 3.05) is 6.54 Å². The number of thiazole rings is 1. The summed E-state index contributed by atoms with van der Waals surface area (Å²) in [6.07, 6.45) is 5.07. The Kier molecular flexibility index (Phi) is 3.61. The van der Waals surface area contributed by atoms with Crippen LogP contribution in [0.4, 0.5) is 4.79 Å². The van der Waals surface area contributed by atoms with Crippen LogP contribution in [0.2, 0.25) is 0 Å².